The topological polar surface area (TPSA) is 105 Å². The van der Waals surface area contributed by atoms with Crippen LogP contribution in [0.2, 0.25) is 0 Å². The summed E-state index contributed by atoms with van der Waals surface area (Å²) in [6.07, 6.45) is 42.4. The van der Waals surface area contributed by atoms with Crippen molar-refractivity contribution in [1.82, 2.24) is 5.32 Å². The van der Waals surface area contributed by atoms with Gasteiger partial charge in [0.15, 0.2) is 0 Å². The number of carbonyl (C=O) groups is 1. The maximum absolute atomic E-state index is 12.7. The molecule has 3 unspecified atom stereocenters. The number of phosphoric acid groups is 1. The number of rotatable bonds is 31. The van der Waals surface area contributed by atoms with Crippen LogP contribution in [-0.4, -0.2) is 73.4 Å². The molecule has 0 aromatic rings. The van der Waals surface area contributed by atoms with Crippen LogP contribution in [-0.2, 0) is 18.4 Å². The van der Waals surface area contributed by atoms with Crippen molar-refractivity contribution in [3.05, 3.63) is 85.1 Å². The average Bonchev–Trinajstić information content (AvgIpc) is 3.04. The number of phosphoric ester groups is 1. The standard InChI is InChI=1S/C40H69N2O6P/c1-6-8-10-12-14-16-18-20-22-23-25-27-29-31-33-39(43)38(37-48-49(45,46)47-36-35-42(3,4)5)41-40(44)34-32-30-28-26-24-21-19-17-15-13-11-9-7-2/h9,11,15-18,21,23-25,28,30-31,33,38-39,43H,6-8,10,12-14,19-20,22,26-27,29,32,34-37H2,1-5H3,(H-,41,44,45,46)/p+1/b11-9-,17-15-,18-16+,24-21-,25-23+,30-28-,33-31+. The lowest BCUT2D eigenvalue weighted by Crippen LogP contribution is -2.45. The molecule has 0 aliphatic heterocycles. The number of likely N-dealkylation sites (N-methyl/N-ethyl adjacent to an activating group) is 1. The Hall–Kier alpha value is -2.32. The van der Waals surface area contributed by atoms with Gasteiger partial charge in [0.1, 0.15) is 13.2 Å². The van der Waals surface area contributed by atoms with Gasteiger partial charge in [0.05, 0.1) is 39.9 Å². The summed E-state index contributed by atoms with van der Waals surface area (Å²) in [7, 11) is 1.48. The van der Waals surface area contributed by atoms with Crippen LogP contribution in [0.15, 0.2) is 85.1 Å². The van der Waals surface area contributed by atoms with Crippen LogP contribution in [0.25, 0.3) is 0 Å². The number of quaternary nitrogens is 1. The molecule has 280 valence electrons. The zero-order chi connectivity index (χ0) is 36.5. The average molecular weight is 706 g/mol. The van der Waals surface area contributed by atoms with E-state index in [0.29, 0.717) is 17.4 Å². The molecule has 0 saturated carbocycles. The minimum Gasteiger partial charge on any atom is -0.387 e. The Labute approximate surface area is 299 Å². The molecule has 0 rings (SSSR count). The van der Waals surface area contributed by atoms with Gasteiger partial charge in [-0.15, -0.1) is 0 Å². The van der Waals surface area contributed by atoms with Gasteiger partial charge in [0, 0.05) is 6.42 Å². The van der Waals surface area contributed by atoms with Crippen molar-refractivity contribution in [1.29, 1.82) is 0 Å². The first-order valence-electron chi connectivity index (χ1n) is 18.5. The predicted octanol–water partition coefficient (Wildman–Crippen LogP) is 9.46. The van der Waals surface area contributed by atoms with E-state index in [-0.39, 0.29) is 25.5 Å². The summed E-state index contributed by atoms with van der Waals surface area (Å²) in [5.41, 5.74) is 0. The minimum absolute atomic E-state index is 0.0362. The molecule has 0 aliphatic carbocycles. The van der Waals surface area contributed by atoms with Crippen LogP contribution >= 0.6 is 7.82 Å². The zero-order valence-corrected chi connectivity index (χ0v) is 32.3. The first-order chi connectivity index (χ1) is 23.5. The van der Waals surface area contributed by atoms with E-state index < -0.39 is 20.0 Å². The van der Waals surface area contributed by atoms with Crippen molar-refractivity contribution in [3.63, 3.8) is 0 Å². The molecular formula is C40H70N2O6P+. The van der Waals surface area contributed by atoms with Crippen LogP contribution in [0.4, 0.5) is 0 Å². The largest absolute Gasteiger partial charge is 0.472 e. The van der Waals surface area contributed by atoms with Gasteiger partial charge < -0.3 is 19.8 Å². The van der Waals surface area contributed by atoms with Gasteiger partial charge in [-0.05, 0) is 70.6 Å². The number of hydrogen-bond acceptors (Lipinski definition) is 5. The van der Waals surface area contributed by atoms with Gasteiger partial charge in [-0.1, -0.05) is 118 Å². The molecule has 0 radical (unpaired) electrons. The second-order valence-electron chi connectivity index (χ2n) is 13.2. The number of hydrogen-bond donors (Lipinski definition) is 3. The summed E-state index contributed by atoms with van der Waals surface area (Å²) in [6.45, 7) is 4.53. The third kappa shape index (κ3) is 33.9. The van der Waals surface area contributed by atoms with Crippen molar-refractivity contribution < 1.29 is 32.9 Å². The summed E-state index contributed by atoms with van der Waals surface area (Å²) >= 11 is 0. The molecule has 0 spiro atoms. The smallest absolute Gasteiger partial charge is 0.387 e. The third-order valence-electron chi connectivity index (χ3n) is 7.34. The second kappa shape index (κ2) is 31.6. The SMILES string of the molecule is CC/C=C\C/C=C\C/C=C\C/C=C\CCC(=O)NC(COP(=O)(O)OCC[N+](C)(C)C)C(O)/C=C/CC/C=C/CC/C=C/CCCCCC. The molecule has 1 amide bonds. The normalized spacial score (nSPS) is 15.7. The Morgan fingerprint density at radius 2 is 1.24 bits per heavy atom. The fourth-order valence-electron chi connectivity index (χ4n) is 4.37. The minimum atomic E-state index is -4.36. The van der Waals surface area contributed by atoms with Crippen LogP contribution in [0.1, 0.15) is 110 Å². The van der Waals surface area contributed by atoms with Gasteiger partial charge in [0.25, 0.3) is 0 Å². The molecule has 0 aromatic heterocycles. The maximum atomic E-state index is 12.7. The third-order valence-corrected chi connectivity index (χ3v) is 8.32. The lowest BCUT2D eigenvalue weighted by molar-refractivity contribution is -0.870. The Morgan fingerprint density at radius 3 is 1.82 bits per heavy atom. The summed E-state index contributed by atoms with van der Waals surface area (Å²) in [5.74, 6) is -0.278. The highest BCUT2D eigenvalue weighted by atomic mass is 31.2. The van der Waals surface area contributed by atoms with Crippen molar-refractivity contribution in [2.75, 3.05) is 40.9 Å². The van der Waals surface area contributed by atoms with E-state index in [9.17, 15) is 19.4 Å². The van der Waals surface area contributed by atoms with Crippen molar-refractivity contribution in [3.8, 4) is 0 Å². The highest BCUT2D eigenvalue weighted by Crippen LogP contribution is 2.43. The Morgan fingerprint density at radius 1 is 0.714 bits per heavy atom. The van der Waals surface area contributed by atoms with Gasteiger partial charge in [0.2, 0.25) is 5.91 Å². The summed E-state index contributed by atoms with van der Waals surface area (Å²) < 4.78 is 23.3. The zero-order valence-electron chi connectivity index (χ0n) is 31.4. The van der Waals surface area contributed by atoms with E-state index in [1.807, 2.05) is 39.4 Å². The number of aliphatic hydroxyl groups is 1. The highest BCUT2D eigenvalue weighted by molar-refractivity contribution is 7.47. The van der Waals surface area contributed by atoms with Gasteiger partial charge >= 0.3 is 7.82 Å². The monoisotopic (exact) mass is 705 g/mol. The molecule has 3 N–H and O–H groups in total. The van der Waals surface area contributed by atoms with Crippen LogP contribution in [0.3, 0.4) is 0 Å². The lowest BCUT2D eigenvalue weighted by Gasteiger charge is -2.25. The number of amides is 1. The van der Waals surface area contributed by atoms with Crippen LogP contribution < -0.4 is 5.32 Å². The van der Waals surface area contributed by atoms with Crippen molar-refractivity contribution in [2.45, 2.75) is 122 Å². The Bertz CT molecular complexity index is 1070. The Balaban J connectivity index is 4.80. The molecule has 0 aliphatic rings. The molecule has 3 atom stereocenters. The van der Waals surface area contributed by atoms with E-state index in [2.05, 4.69) is 79.9 Å². The van der Waals surface area contributed by atoms with Crippen LogP contribution in [0.5, 0.6) is 0 Å². The first kappa shape index (κ1) is 46.7. The molecule has 0 bridgehead atoms. The van der Waals surface area contributed by atoms with E-state index in [1.165, 1.54) is 25.7 Å². The molecule has 0 heterocycles. The number of allylic oxidation sites excluding steroid dienone is 13. The van der Waals surface area contributed by atoms with Crippen molar-refractivity contribution >= 4 is 13.7 Å². The number of nitrogens with one attached hydrogen (secondary N) is 1. The lowest BCUT2D eigenvalue weighted by atomic mass is 10.1. The summed E-state index contributed by atoms with van der Waals surface area (Å²) in [5, 5.41) is 13.6. The number of aliphatic hydroxyl groups excluding tert-OH is 1. The fourth-order valence-corrected chi connectivity index (χ4v) is 5.11. The number of unbranched alkanes of at least 4 members (excludes halogenated alkanes) is 6. The van der Waals surface area contributed by atoms with E-state index >= 15 is 0 Å². The van der Waals surface area contributed by atoms with E-state index in [1.54, 1.807) is 6.08 Å². The maximum Gasteiger partial charge on any atom is 0.472 e. The second-order valence-corrected chi connectivity index (χ2v) is 14.6. The van der Waals surface area contributed by atoms with E-state index in [4.69, 9.17) is 9.05 Å². The molecule has 8 nitrogen and oxygen atoms in total. The molecule has 0 saturated heterocycles. The molecule has 49 heavy (non-hydrogen) atoms. The summed E-state index contributed by atoms with van der Waals surface area (Å²) in [4.78, 5) is 22.9. The predicted molar refractivity (Wildman–Crippen MR) is 207 cm³/mol. The fraction of sp³-hybridized carbons (Fsp3) is 0.625. The number of nitrogens with zero attached hydrogens (tertiary/aromatic N) is 1. The van der Waals surface area contributed by atoms with Gasteiger partial charge in [-0.3, -0.25) is 13.8 Å². The van der Waals surface area contributed by atoms with Crippen molar-refractivity contribution in [2.24, 2.45) is 0 Å². The Kier molecular flexibility index (Phi) is 30.1. The molecule has 0 aromatic carbocycles. The van der Waals surface area contributed by atoms with E-state index in [0.717, 1.165) is 57.8 Å². The van der Waals surface area contributed by atoms with Gasteiger partial charge in [-0.2, -0.15) is 0 Å². The quantitative estimate of drug-likeness (QED) is 0.0287. The molecule has 0 fully saturated rings. The summed E-state index contributed by atoms with van der Waals surface area (Å²) in [6, 6.07) is -0.909. The van der Waals surface area contributed by atoms with Gasteiger partial charge in [-0.25, -0.2) is 4.57 Å². The molecule has 9 heteroatoms. The number of carbonyl (C=O) groups excluding carboxylic acids is 1. The van der Waals surface area contributed by atoms with Crippen LogP contribution in [0, 0.1) is 0 Å². The highest BCUT2D eigenvalue weighted by Gasteiger charge is 2.27. The molecular weight excluding hydrogens is 635 g/mol. The first-order valence-corrected chi connectivity index (χ1v) is 20.0.